The lowest BCUT2D eigenvalue weighted by molar-refractivity contribution is 0.481. The molecule has 0 aromatic heterocycles. The molecular weight excluding hydrogens is 160 g/mol. The molecule has 0 aliphatic heterocycles. The first-order chi connectivity index (χ1) is 6.20. The molecule has 0 radical (unpaired) electrons. The van der Waals surface area contributed by atoms with Gasteiger partial charge in [0.1, 0.15) is 5.75 Å². The molecule has 0 amide bonds. The van der Waals surface area contributed by atoms with Crippen LogP contribution in [0.25, 0.3) is 10.8 Å². The number of hydrogen-bond acceptors (Lipinski definition) is 1. The number of aryl methyl sites for hydroxylation is 2. The second-order valence-corrected chi connectivity index (χ2v) is 3.40. The lowest BCUT2D eigenvalue weighted by atomic mass is 10.0. The number of phenols is 1. The van der Waals surface area contributed by atoms with Gasteiger partial charge >= 0.3 is 0 Å². The standard InChI is InChI=1S/C12H12O/c1-8-6-7-11(13)12-9(2)4-3-5-10(8)12/h3-7,13H,1-2H3. The number of aromatic hydroxyl groups is 1. The van der Waals surface area contributed by atoms with Crippen LogP contribution in [0.5, 0.6) is 5.75 Å². The Labute approximate surface area is 77.6 Å². The van der Waals surface area contributed by atoms with Gasteiger partial charge in [0.05, 0.1) is 0 Å². The minimum absolute atomic E-state index is 0.374. The maximum atomic E-state index is 9.68. The molecule has 0 unspecified atom stereocenters. The molecule has 0 aliphatic rings. The van der Waals surface area contributed by atoms with Crippen LogP contribution in [0.3, 0.4) is 0 Å². The summed E-state index contributed by atoms with van der Waals surface area (Å²) in [6.07, 6.45) is 0. The molecule has 0 bridgehead atoms. The summed E-state index contributed by atoms with van der Waals surface area (Å²) in [5, 5.41) is 11.8. The fourth-order valence-electron chi connectivity index (χ4n) is 1.71. The van der Waals surface area contributed by atoms with Crippen LogP contribution < -0.4 is 0 Å². The Morgan fingerprint density at radius 2 is 1.69 bits per heavy atom. The van der Waals surface area contributed by atoms with Gasteiger partial charge in [-0.1, -0.05) is 24.3 Å². The first kappa shape index (κ1) is 8.11. The third-order valence-corrected chi connectivity index (χ3v) is 2.44. The van der Waals surface area contributed by atoms with E-state index in [0.29, 0.717) is 5.75 Å². The average Bonchev–Trinajstić information content (AvgIpc) is 2.12. The molecule has 66 valence electrons. The Kier molecular flexibility index (Phi) is 1.73. The van der Waals surface area contributed by atoms with Gasteiger partial charge in [-0.05, 0) is 36.4 Å². The quantitative estimate of drug-likeness (QED) is 0.647. The maximum absolute atomic E-state index is 9.68. The van der Waals surface area contributed by atoms with E-state index in [1.54, 1.807) is 6.07 Å². The zero-order valence-corrected chi connectivity index (χ0v) is 7.83. The lowest BCUT2D eigenvalue weighted by Gasteiger charge is -2.06. The van der Waals surface area contributed by atoms with E-state index in [0.717, 1.165) is 16.3 Å². The van der Waals surface area contributed by atoms with E-state index in [4.69, 9.17) is 0 Å². The summed E-state index contributed by atoms with van der Waals surface area (Å²) in [5.74, 6) is 0.374. The van der Waals surface area contributed by atoms with Crippen molar-refractivity contribution in [2.45, 2.75) is 13.8 Å². The highest BCUT2D eigenvalue weighted by molar-refractivity contribution is 5.93. The molecule has 1 nitrogen and oxygen atoms in total. The molecule has 0 aliphatic carbocycles. The smallest absolute Gasteiger partial charge is 0.123 e. The van der Waals surface area contributed by atoms with Crippen LogP contribution in [0.2, 0.25) is 0 Å². The molecule has 13 heavy (non-hydrogen) atoms. The molecule has 0 spiro atoms. The number of fused-ring (bicyclic) bond motifs is 1. The molecule has 2 rings (SSSR count). The lowest BCUT2D eigenvalue weighted by Crippen LogP contribution is -1.82. The Hall–Kier alpha value is -1.50. The molecule has 2 aromatic carbocycles. The van der Waals surface area contributed by atoms with E-state index in [9.17, 15) is 5.11 Å². The Bertz CT molecular complexity index is 450. The van der Waals surface area contributed by atoms with E-state index in [1.807, 2.05) is 31.2 Å². The highest BCUT2D eigenvalue weighted by atomic mass is 16.3. The SMILES string of the molecule is Cc1ccc(O)c2c(C)cccc12. The van der Waals surface area contributed by atoms with Gasteiger partial charge in [0.25, 0.3) is 0 Å². The van der Waals surface area contributed by atoms with Gasteiger partial charge in [0.2, 0.25) is 0 Å². The van der Waals surface area contributed by atoms with Crippen molar-refractivity contribution in [3.63, 3.8) is 0 Å². The molecule has 0 fully saturated rings. The average molecular weight is 172 g/mol. The third-order valence-electron chi connectivity index (χ3n) is 2.44. The molecule has 0 atom stereocenters. The van der Waals surface area contributed by atoms with Crippen LogP contribution >= 0.6 is 0 Å². The number of phenolic OH excluding ortho intramolecular Hbond substituents is 1. The Balaban J connectivity index is 3.00. The van der Waals surface area contributed by atoms with E-state index in [1.165, 1.54) is 5.56 Å². The van der Waals surface area contributed by atoms with Crippen molar-refractivity contribution in [1.29, 1.82) is 0 Å². The largest absolute Gasteiger partial charge is 0.507 e. The summed E-state index contributed by atoms with van der Waals surface area (Å²) in [6, 6.07) is 9.77. The second kappa shape index (κ2) is 2.77. The van der Waals surface area contributed by atoms with Gasteiger partial charge in [0, 0.05) is 5.39 Å². The predicted octanol–water partition coefficient (Wildman–Crippen LogP) is 3.16. The second-order valence-electron chi connectivity index (χ2n) is 3.40. The molecule has 1 N–H and O–H groups in total. The highest BCUT2D eigenvalue weighted by Gasteiger charge is 2.03. The zero-order valence-electron chi connectivity index (χ0n) is 7.83. The van der Waals surface area contributed by atoms with Gasteiger partial charge in [0.15, 0.2) is 0 Å². The summed E-state index contributed by atoms with van der Waals surface area (Å²) in [6.45, 7) is 4.07. The highest BCUT2D eigenvalue weighted by Crippen LogP contribution is 2.29. The van der Waals surface area contributed by atoms with Crippen LogP contribution in [0, 0.1) is 13.8 Å². The van der Waals surface area contributed by atoms with Crippen molar-refractivity contribution >= 4 is 10.8 Å². The van der Waals surface area contributed by atoms with Crippen molar-refractivity contribution in [1.82, 2.24) is 0 Å². The molecule has 0 saturated carbocycles. The van der Waals surface area contributed by atoms with Gasteiger partial charge in [-0.25, -0.2) is 0 Å². The van der Waals surface area contributed by atoms with Gasteiger partial charge in [-0.15, -0.1) is 0 Å². The van der Waals surface area contributed by atoms with Crippen molar-refractivity contribution in [2.75, 3.05) is 0 Å². The summed E-state index contributed by atoms with van der Waals surface area (Å²) in [4.78, 5) is 0. The van der Waals surface area contributed by atoms with Crippen molar-refractivity contribution < 1.29 is 5.11 Å². The molecule has 2 aromatic rings. The number of rotatable bonds is 0. The minimum Gasteiger partial charge on any atom is -0.507 e. The first-order valence-corrected chi connectivity index (χ1v) is 4.38. The van der Waals surface area contributed by atoms with E-state index in [-0.39, 0.29) is 0 Å². The van der Waals surface area contributed by atoms with Crippen molar-refractivity contribution in [2.24, 2.45) is 0 Å². The number of hydrogen-bond donors (Lipinski definition) is 1. The summed E-state index contributed by atoms with van der Waals surface area (Å²) >= 11 is 0. The van der Waals surface area contributed by atoms with Crippen LogP contribution in [-0.2, 0) is 0 Å². The number of benzene rings is 2. The third kappa shape index (κ3) is 1.17. The van der Waals surface area contributed by atoms with E-state index < -0.39 is 0 Å². The van der Waals surface area contributed by atoms with Gasteiger partial charge < -0.3 is 5.11 Å². The fraction of sp³-hybridized carbons (Fsp3) is 0.167. The maximum Gasteiger partial charge on any atom is 0.123 e. The Morgan fingerprint density at radius 3 is 2.38 bits per heavy atom. The summed E-state index contributed by atoms with van der Waals surface area (Å²) in [7, 11) is 0. The molecule has 1 heteroatoms. The van der Waals surface area contributed by atoms with E-state index >= 15 is 0 Å². The summed E-state index contributed by atoms with van der Waals surface area (Å²) in [5.41, 5.74) is 2.33. The topological polar surface area (TPSA) is 20.2 Å². The van der Waals surface area contributed by atoms with Crippen LogP contribution in [0.4, 0.5) is 0 Å². The molecular formula is C12H12O. The molecule has 0 saturated heterocycles. The minimum atomic E-state index is 0.374. The normalized spacial score (nSPS) is 10.6. The van der Waals surface area contributed by atoms with Crippen molar-refractivity contribution in [3.05, 3.63) is 41.5 Å². The zero-order chi connectivity index (χ0) is 9.42. The van der Waals surface area contributed by atoms with Gasteiger partial charge in [-0.2, -0.15) is 0 Å². The fourth-order valence-corrected chi connectivity index (χ4v) is 1.71. The predicted molar refractivity (Wildman–Crippen MR) is 55.1 cm³/mol. The monoisotopic (exact) mass is 172 g/mol. The van der Waals surface area contributed by atoms with Crippen LogP contribution in [0.1, 0.15) is 11.1 Å². The van der Waals surface area contributed by atoms with Crippen molar-refractivity contribution in [3.8, 4) is 5.75 Å². The molecule has 0 heterocycles. The van der Waals surface area contributed by atoms with Gasteiger partial charge in [-0.3, -0.25) is 0 Å². The first-order valence-electron chi connectivity index (χ1n) is 4.38. The van der Waals surface area contributed by atoms with Crippen LogP contribution in [-0.4, -0.2) is 5.11 Å². The Morgan fingerprint density at radius 1 is 0.923 bits per heavy atom. The summed E-state index contributed by atoms with van der Waals surface area (Å²) < 4.78 is 0. The van der Waals surface area contributed by atoms with E-state index in [2.05, 4.69) is 6.92 Å². The van der Waals surface area contributed by atoms with Crippen LogP contribution in [0.15, 0.2) is 30.3 Å².